The SMILES string of the molecule is Cc1ccc(O)cc1.c1ccc2c(c1)N=N2. The number of rotatable bonds is 0. The van der Waals surface area contributed by atoms with Crippen LogP contribution < -0.4 is 0 Å². The fourth-order valence-electron chi connectivity index (χ4n) is 1.24. The highest BCUT2D eigenvalue weighted by Gasteiger charge is 2.04. The van der Waals surface area contributed by atoms with Crippen LogP contribution in [0.15, 0.2) is 58.8 Å². The van der Waals surface area contributed by atoms with Gasteiger partial charge in [-0.15, -0.1) is 10.2 Å². The lowest BCUT2D eigenvalue weighted by Crippen LogP contribution is -1.72. The van der Waals surface area contributed by atoms with Crippen molar-refractivity contribution in [1.29, 1.82) is 0 Å². The van der Waals surface area contributed by atoms with E-state index >= 15 is 0 Å². The molecule has 0 aromatic heterocycles. The Bertz CT molecular complexity index is 458. The molecule has 3 heteroatoms. The molecule has 0 amide bonds. The van der Waals surface area contributed by atoms with E-state index in [1.54, 1.807) is 12.1 Å². The van der Waals surface area contributed by atoms with Crippen molar-refractivity contribution in [3.8, 4) is 5.75 Å². The lowest BCUT2D eigenvalue weighted by molar-refractivity contribution is 0.475. The van der Waals surface area contributed by atoms with E-state index in [1.807, 2.05) is 43.3 Å². The van der Waals surface area contributed by atoms with E-state index in [0.717, 1.165) is 11.4 Å². The zero-order valence-electron chi connectivity index (χ0n) is 8.96. The van der Waals surface area contributed by atoms with Crippen LogP contribution in [0.4, 0.5) is 11.4 Å². The van der Waals surface area contributed by atoms with E-state index in [4.69, 9.17) is 5.11 Å². The largest absolute Gasteiger partial charge is 0.508 e. The lowest BCUT2D eigenvalue weighted by atomic mass is 10.2. The summed E-state index contributed by atoms with van der Waals surface area (Å²) in [6.45, 7) is 1.99. The standard InChI is InChI=1S/C7H8O.C6H4N2/c1-6-2-4-7(8)5-3-6;1-2-4-6-5(3-1)7-8-6/h2-5,8H,1H3;1-4H. The molecule has 2 aromatic rings. The van der Waals surface area contributed by atoms with Gasteiger partial charge in [-0.3, -0.25) is 0 Å². The Labute approximate surface area is 94.1 Å². The van der Waals surface area contributed by atoms with Gasteiger partial charge in [0, 0.05) is 0 Å². The first-order valence-electron chi connectivity index (χ1n) is 5.02. The summed E-state index contributed by atoms with van der Waals surface area (Å²) in [7, 11) is 0. The van der Waals surface area contributed by atoms with Gasteiger partial charge in [0.15, 0.2) is 0 Å². The fourth-order valence-corrected chi connectivity index (χ4v) is 1.24. The minimum atomic E-state index is 0.329. The van der Waals surface area contributed by atoms with Crippen molar-refractivity contribution < 1.29 is 5.11 Å². The molecule has 80 valence electrons. The number of azo groups is 1. The molecule has 0 atom stereocenters. The van der Waals surface area contributed by atoms with Crippen LogP contribution in [0.25, 0.3) is 0 Å². The average molecular weight is 212 g/mol. The molecular weight excluding hydrogens is 200 g/mol. The molecule has 0 saturated carbocycles. The molecule has 16 heavy (non-hydrogen) atoms. The topological polar surface area (TPSA) is 45.0 Å². The third kappa shape index (κ3) is 2.45. The van der Waals surface area contributed by atoms with Crippen LogP contribution in [0.1, 0.15) is 5.56 Å². The van der Waals surface area contributed by atoms with Crippen LogP contribution in [0, 0.1) is 6.92 Å². The van der Waals surface area contributed by atoms with E-state index in [9.17, 15) is 0 Å². The Kier molecular flexibility index (Phi) is 2.96. The maximum absolute atomic E-state index is 8.76. The molecule has 1 heterocycles. The molecule has 1 aliphatic heterocycles. The molecule has 3 nitrogen and oxygen atoms in total. The molecular formula is C13H12N2O. The monoisotopic (exact) mass is 212 g/mol. The molecule has 0 fully saturated rings. The minimum absolute atomic E-state index is 0.329. The smallest absolute Gasteiger partial charge is 0.115 e. The van der Waals surface area contributed by atoms with Gasteiger partial charge in [0.05, 0.1) is 0 Å². The van der Waals surface area contributed by atoms with Gasteiger partial charge >= 0.3 is 0 Å². The number of nitrogens with zero attached hydrogens (tertiary/aromatic N) is 2. The highest BCUT2D eigenvalue weighted by molar-refractivity contribution is 5.65. The number of phenolic OH excluding ortho intramolecular Hbond substituents is 1. The van der Waals surface area contributed by atoms with Gasteiger partial charge in [-0.05, 0) is 31.2 Å². The molecule has 0 aliphatic carbocycles. The summed E-state index contributed by atoms with van der Waals surface area (Å²) >= 11 is 0. The van der Waals surface area contributed by atoms with E-state index in [-0.39, 0.29) is 0 Å². The maximum Gasteiger partial charge on any atom is 0.115 e. The number of aromatic hydroxyl groups is 1. The quantitative estimate of drug-likeness (QED) is 0.598. The normalized spacial score (nSPS) is 10.8. The Morgan fingerprint density at radius 3 is 1.62 bits per heavy atom. The van der Waals surface area contributed by atoms with Crippen molar-refractivity contribution in [2.45, 2.75) is 6.92 Å². The summed E-state index contributed by atoms with van der Waals surface area (Å²) in [6.07, 6.45) is 0. The van der Waals surface area contributed by atoms with E-state index in [1.165, 1.54) is 5.56 Å². The first-order chi connectivity index (χ1) is 7.75. The first kappa shape index (κ1) is 10.4. The van der Waals surface area contributed by atoms with Crippen LogP contribution in [0.3, 0.4) is 0 Å². The Balaban J connectivity index is 0.000000120. The van der Waals surface area contributed by atoms with E-state index in [2.05, 4.69) is 10.2 Å². The van der Waals surface area contributed by atoms with Crippen molar-refractivity contribution in [2.75, 3.05) is 0 Å². The average Bonchev–Trinajstić information content (AvgIpc) is 2.26. The second-order valence-electron chi connectivity index (χ2n) is 3.52. The number of hydrogen-bond acceptors (Lipinski definition) is 3. The third-order valence-corrected chi connectivity index (χ3v) is 2.18. The number of hydrogen-bond donors (Lipinski definition) is 1. The predicted octanol–water partition coefficient (Wildman–Crippen LogP) is 4.12. The van der Waals surface area contributed by atoms with Crippen LogP contribution in [0.2, 0.25) is 0 Å². The third-order valence-electron chi connectivity index (χ3n) is 2.18. The number of phenols is 1. The van der Waals surface area contributed by atoms with E-state index < -0.39 is 0 Å². The van der Waals surface area contributed by atoms with Crippen LogP contribution in [0.5, 0.6) is 5.75 Å². The van der Waals surface area contributed by atoms with Crippen molar-refractivity contribution >= 4 is 11.4 Å². The highest BCUT2D eigenvalue weighted by Crippen LogP contribution is 2.36. The number of fused-ring (bicyclic) bond motifs is 1. The Morgan fingerprint density at radius 1 is 0.812 bits per heavy atom. The summed E-state index contributed by atoms with van der Waals surface area (Å²) in [6, 6.07) is 14.9. The van der Waals surface area contributed by atoms with Gasteiger partial charge in [-0.2, -0.15) is 0 Å². The van der Waals surface area contributed by atoms with Crippen molar-refractivity contribution in [3.05, 3.63) is 54.1 Å². The summed E-state index contributed by atoms with van der Waals surface area (Å²) in [4.78, 5) is 0. The summed E-state index contributed by atoms with van der Waals surface area (Å²) in [5.74, 6) is 0.329. The van der Waals surface area contributed by atoms with Crippen molar-refractivity contribution in [1.82, 2.24) is 0 Å². The minimum Gasteiger partial charge on any atom is -0.508 e. The molecule has 2 aromatic carbocycles. The Morgan fingerprint density at radius 2 is 1.31 bits per heavy atom. The zero-order chi connectivity index (χ0) is 11.4. The molecule has 3 rings (SSSR count). The second kappa shape index (κ2) is 4.57. The van der Waals surface area contributed by atoms with Gasteiger partial charge in [0.2, 0.25) is 0 Å². The molecule has 0 radical (unpaired) electrons. The molecule has 1 N–H and O–H groups in total. The lowest BCUT2D eigenvalue weighted by Gasteiger charge is -2.03. The van der Waals surface area contributed by atoms with Crippen molar-refractivity contribution in [2.24, 2.45) is 10.2 Å². The van der Waals surface area contributed by atoms with E-state index in [0.29, 0.717) is 5.75 Å². The molecule has 0 unspecified atom stereocenters. The molecule has 1 aliphatic rings. The first-order valence-corrected chi connectivity index (χ1v) is 5.02. The fraction of sp³-hybridized carbons (Fsp3) is 0.0769. The van der Waals surface area contributed by atoms with Crippen LogP contribution in [-0.4, -0.2) is 5.11 Å². The number of aryl methyl sites for hydroxylation is 1. The molecule has 0 saturated heterocycles. The summed E-state index contributed by atoms with van der Waals surface area (Å²) < 4.78 is 0. The zero-order valence-corrected chi connectivity index (χ0v) is 8.96. The number of benzene rings is 2. The van der Waals surface area contributed by atoms with Gasteiger partial charge in [-0.1, -0.05) is 29.8 Å². The predicted molar refractivity (Wildman–Crippen MR) is 63.5 cm³/mol. The molecule has 0 spiro atoms. The van der Waals surface area contributed by atoms with Crippen molar-refractivity contribution in [3.63, 3.8) is 0 Å². The maximum atomic E-state index is 8.76. The summed E-state index contributed by atoms with van der Waals surface area (Å²) in [5.41, 5.74) is 3.18. The van der Waals surface area contributed by atoms with Gasteiger partial charge in [-0.25, -0.2) is 0 Å². The summed E-state index contributed by atoms with van der Waals surface area (Å²) in [5, 5.41) is 16.3. The highest BCUT2D eigenvalue weighted by atomic mass is 16.3. The van der Waals surface area contributed by atoms with Gasteiger partial charge in [0.1, 0.15) is 17.1 Å². The molecule has 0 bridgehead atoms. The van der Waals surface area contributed by atoms with Crippen LogP contribution in [-0.2, 0) is 0 Å². The van der Waals surface area contributed by atoms with Gasteiger partial charge in [0.25, 0.3) is 0 Å². The van der Waals surface area contributed by atoms with Gasteiger partial charge < -0.3 is 5.11 Å². The van der Waals surface area contributed by atoms with Crippen LogP contribution >= 0.6 is 0 Å². The second-order valence-corrected chi connectivity index (χ2v) is 3.52. The Hall–Kier alpha value is -2.16.